The van der Waals surface area contributed by atoms with Crippen LogP contribution in [-0.4, -0.2) is 22.1 Å². The molecule has 1 heterocycles. The Kier molecular flexibility index (Phi) is 3.47. The number of hydrogen-bond acceptors (Lipinski definition) is 4. The highest BCUT2D eigenvalue weighted by Crippen LogP contribution is 2.27. The van der Waals surface area contributed by atoms with Crippen LogP contribution in [0, 0.1) is 0 Å². The maximum atomic E-state index is 12.3. The minimum atomic E-state index is -3.58. The van der Waals surface area contributed by atoms with Crippen LogP contribution in [-0.2, 0) is 16.4 Å². The fraction of sp³-hybridized carbons (Fsp3) is 0.200. The number of nitrogens with one attached hydrogen (secondary N) is 2. The molecule has 0 unspecified atom stereocenters. The van der Waals surface area contributed by atoms with Crippen LogP contribution in [0.2, 0.25) is 0 Å². The summed E-state index contributed by atoms with van der Waals surface area (Å²) in [6.45, 7) is 0.893. The second kappa shape index (κ2) is 5.29. The zero-order valence-electron chi connectivity index (χ0n) is 11.6. The average molecular weight is 304 g/mol. The van der Waals surface area contributed by atoms with Crippen LogP contribution in [0.25, 0.3) is 0 Å². The Labute approximate surface area is 124 Å². The van der Waals surface area contributed by atoms with Crippen molar-refractivity contribution in [2.45, 2.75) is 11.3 Å². The van der Waals surface area contributed by atoms with Crippen molar-refractivity contribution < 1.29 is 13.2 Å². The number of sulfonamides is 1. The molecule has 0 amide bonds. The zero-order valence-corrected chi connectivity index (χ0v) is 12.4. The summed E-state index contributed by atoms with van der Waals surface area (Å²) >= 11 is 0. The van der Waals surface area contributed by atoms with Gasteiger partial charge in [0.25, 0.3) is 10.0 Å². The molecule has 0 aromatic heterocycles. The molecule has 5 nitrogen and oxygen atoms in total. The van der Waals surface area contributed by atoms with Crippen molar-refractivity contribution in [1.82, 2.24) is 0 Å². The van der Waals surface area contributed by atoms with E-state index >= 15 is 0 Å². The van der Waals surface area contributed by atoms with Gasteiger partial charge in [-0.25, -0.2) is 8.42 Å². The van der Waals surface area contributed by atoms with Gasteiger partial charge in [0.05, 0.1) is 12.0 Å². The van der Waals surface area contributed by atoms with Crippen LogP contribution in [0.3, 0.4) is 0 Å². The predicted octanol–water partition coefficient (Wildman–Crippen LogP) is 2.46. The van der Waals surface area contributed by atoms with E-state index < -0.39 is 10.0 Å². The van der Waals surface area contributed by atoms with E-state index in [-0.39, 0.29) is 4.90 Å². The van der Waals surface area contributed by atoms with Gasteiger partial charge in [-0.1, -0.05) is 0 Å². The quantitative estimate of drug-likeness (QED) is 0.910. The fourth-order valence-corrected chi connectivity index (χ4v) is 3.39. The smallest absolute Gasteiger partial charge is 0.261 e. The molecule has 0 saturated heterocycles. The number of benzene rings is 2. The molecule has 3 rings (SSSR count). The summed E-state index contributed by atoms with van der Waals surface area (Å²) in [5.74, 6) is 0.623. The zero-order chi connectivity index (χ0) is 14.9. The second-order valence-electron chi connectivity index (χ2n) is 4.83. The predicted molar refractivity (Wildman–Crippen MR) is 82.4 cm³/mol. The number of methoxy groups -OCH3 is 1. The van der Waals surface area contributed by atoms with E-state index in [9.17, 15) is 8.42 Å². The molecular formula is C15H16N2O3S. The van der Waals surface area contributed by atoms with Crippen molar-refractivity contribution in [3.05, 3.63) is 48.0 Å². The molecule has 2 aromatic carbocycles. The molecule has 0 saturated carbocycles. The summed E-state index contributed by atoms with van der Waals surface area (Å²) in [6.07, 6.45) is 0.910. The fourth-order valence-electron chi connectivity index (χ4n) is 2.34. The minimum Gasteiger partial charge on any atom is -0.497 e. The monoisotopic (exact) mass is 304 g/mol. The van der Waals surface area contributed by atoms with E-state index in [4.69, 9.17) is 4.74 Å². The van der Waals surface area contributed by atoms with Gasteiger partial charge in [-0.15, -0.1) is 0 Å². The molecule has 0 aliphatic carbocycles. The van der Waals surface area contributed by atoms with Crippen molar-refractivity contribution in [1.29, 1.82) is 0 Å². The first-order valence-electron chi connectivity index (χ1n) is 6.62. The van der Waals surface area contributed by atoms with Gasteiger partial charge in [-0.3, -0.25) is 4.72 Å². The van der Waals surface area contributed by atoms with Gasteiger partial charge in [-0.2, -0.15) is 0 Å². The number of rotatable bonds is 4. The number of anilines is 2. The Hall–Kier alpha value is -2.21. The Balaban J connectivity index is 1.85. The summed E-state index contributed by atoms with van der Waals surface area (Å²) in [6, 6.07) is 11.8. The van der Waals surface area contributed by atoms with Crippen molar-refractivity contribution in [2.24, 2.45) is 0 Å². The van der Waals surface area contributed by atoms with E-state index in [0.717, 1.165) is 24.2 Å². The largest absolute Gasteiger partial charge is 0.497 e. The molecule has 1 aliphatic heterocycles. The van der Waals surface area contributed by atoms with Crippen molar-refractivity contribution in [3.63, 3.8) is 0 Å². The molecule has 1 aliphatic rings. The van der Waals surface area contributed by atoms with Crippen LogP contribution in [0.4, 0.5) is 11.4 Å². The molecule has 21 heavy (non-hydrogen) atoms. The topological polar surface area (TPSA) is 67.4 Å². The lowest BCUT2D eigenvalue weighted by atomic mass is 10.1. The van der Waals surface area contributed by atoms with E-state index in [1.54, 1.807) is 25.3 Å². The lowest BCUT2D eigenvalue weighted by Gasteiger charge is -2.10. The maximum absolute atomic E-state index is 12.3. The van der Waals surface area contributed by atoms with E-state index in [0.29, 0.717) is 11.4 Å². The Morgan fingerprint density at radius 1 is 1.14 bits per heavy atom. The molecule has 110 valence electrons. The molecule has 6 heteroatoms. The highest BCUT2D eigenvalue weighted by atomic mass is 32.2. The molecule has 2 aromatic rings. The van der Waals surface area contributed by atoms with Crippen molar-refractivity contribution in [2.75, 3.05) is 23.7 Å². The van der Waals surface area contributed by atoms with Gasteiger partial charge in [-0.05, 0) is 54.4 Å². The van der Waals surface area contributed by atoms with Gasteiger partial charge in [0.15, 0.2) is 0 Å². The van der Waals surface area contributed by atoms with Crippen LogP contribution in [0.5, 0.6) is 5.75 Å². The molecule has 0 radical (unpaired) electrons. The summed E-state index contributed by atoms with van der Waals surface area (Å²) in [7, 11) is -2.04. The first-order valence-corrected chi connectivity index (χ1v) is 8.10. The van der Waals surface area contributed by atoms with E-state index in [2.05, 4.69) is 10.0 Å². The third-order valence-electron chi connectivity index (χ3n) is 3.44. The summed E-state index contributed by atoms with van der Waals surface area (Å²) in [4.78, 5) is 0.210. The number of hydrogen-bond donors (Lipinski definition) is 2. The lowest BCUT2D eigenvalue weighted by molar-refractivity contribution is 0.414. The summed E-state index contributed by atoms with van der Waals surface area (Å²) in [5.41, 5.74) is 2.78. The molecular weight excluding hydrogens is 288 g/mol. The van der Waals surface area contributed by atoms with Crippen molar-refractivity contribution in [3.8, 4) is 5.75 Å². The molecule has 0 spiro atoms. The second-order valence-corrected chi connectivity index (χ2v) is 6.51. The van der Waals surface area contributed by atoms with Crippen LogP contribution in [0.1, 0.15) is 5.56 Å². The normalized spacial score (nSPS) is 13.4. The standard InChI is InChI=1S/C15H16N2O3S/c1-20-13-3-5-14(6-4-13)21(18,19)17-12-2-7-15-11(10-12)8-9-16-15/h2-7,10,16-17H,8-9H2,1H3. The summed E-state index contributed by atoms with van der Waals surface area (Å²) in [5, 5.41) is 3.24. The SMILES string of the molecule is COc1ccc(S(=O)(=O)Nc2ccc3c(c2)CCN3)cc1. The molecule has 0 bridgehead atoms. The van der Waals surface area contributed by atoms with E-state index in [1.807, 2.05) is 12.1 Å². The Bertz CT molecular complexity index is 755. The van der Waals surface area contributed by atoms with Gasteiger partial charge >= 0.3 is 0 Å². The van der Waals surface area contributed by atoms with Gasteiger partial charge in [0, 0.05) is 17.9 Å². The third kappa shape index (κ3) is 2.80. The number of fused-ring (bicyclic) bond motifs is 1. The van der Waals surface area contributed by atoms with Crippen molar-refractivity contribution >= 4 is 21.4 Å². The maximum Gasteiger partial charge on any atom is 0.261 e. The summed E-state index contributed by atoms with van der Waals surface area (Å²) < 4.78 is 32.3. The Morgan fingerprint density at radius 2 is 1.90 bits per heavy atom. The number of ether oxygens (including phenoxy) is 1. The Morgan fingerprint density at radius 3 is 2.62 bits per heavy atom. The van der Waals surface area contributed by atoms with Gasteiger partial charge < -0.3 is 10.1 Å². The highest BCUT2D eigenvalue weighted by molar-refractivity contribution is 7.92. The van der Waals surface area contributed by atoms with Crippen LogP contribution >= 0.6 is 0 Å². The first kappa shape index (κ1) is 13.8. The first-order chi connectivity index (χ1) is 10.1. The lowest BCUT2D eigenvalue weighted by Crippen LogP contribution is -2.12. The third-order valence-corrected chi connectivity index (χ3v) is 4.83. The van der Waals surface area contributed by atoms with Gasteiger partial charge in [0.1, 0.15) is 5.75 Å². The molecule has 2 N–H and O–H groups in total. The van der Waals surface area contributed by atoms with E-state index in [1.165, 1.54) is 12.1 Å². The molecule has 0 fully saturated rings. The van der Waals surface area contributed by atoms with Crippen LogP contribution in [0.15, 0.2) is 47.4 Å². The van der Waals surface area contributed by atoms with Crippen LogP contribution < -0.4 is 14.8 Å². The minimum absolute atomic E-state index is 0.210. The average Bonchev–Trinajstić information content (AvgIpc) is 2.94. The molecule has 0 atom stereocenters. The van der Waals surface area contributed by atoms with Gasteiger partial charge in [0.2, 0.25) is 0 Å². The highest BCUT2D eigenvalue weighted by Gasteiger charge is 2.16.